The minimum Gasteiger partial charge on any atom is -0.348 e. The molecule has 0 rings (SSSR count). The quantitative estimate of drug-likeness (QED) is 0.465. The van der Waals surface area contributed by atoms with Crippen molar-refractivity contribution in [1.82, 2.24) is 5.32 Å². The monoisotopic (exact) mass is 143 g/mol. The summed E-state index contributed by atoms with van der Waals surface area (Å²) in [6, 6.07) is 0. The van der Waals surface area contributed by atoms with Gasteiger partial charge in [0.1, 0.15) is 0 Å². The second-order valence-electron chi connectivity index (χ2n) is 1.66. The molecule has 0 radical (unpaired) electrons. The van der Waals surface area contributed by atoms with Crippen LogP contribution in [0.4, 0.5) is 0 Å². The van der Waals surface area contributed by atoms with Crippen molar-refractivity contribution in [2.24, 2.45) is 0 Å². The summed E-state index contributed by atoms with van der Waals surface area (Å²) in [7, 11) is 0. The Hall–Kier alpha value is -0.700. The van der Waals surface area contributed by atoms with Crippen molar-refractivity contribution in [1.29, 1.82) is 0 Å². The highest BCUT2D eigenvalue weighted by molar-refractivity contribution is 7.79. The number of nitrogens with one attached hydrogen (secondary N) is 1. The van der Waals surface area contributed by atoms with Crippen LogP contribution in [0.5, 0.6) is 0 Å². The van der Waals surface area contributed by atoms with Gasteiger partial charge in [0.2, 0.25) is 5.91 Å². The molecule has 9 heavy (non-hydrogen) atoms. The van der Waals surface area contributed by atoms with Crippen molar-refractivity contribution in [3.05, 3.63) is 12.2 Å². The average Bonchev–Trinajstić information content (AvgIpc) is 1.82. The summed E-state index contributed by atoms with van der Waals surface area (Å²) in [5, 5.41) is 3.99. The van der Waals surface area contributed by atoms with Crippen molar-refractivity contribution in [3.8, 4) is 0 Å². The van der Waals surface area contributed by atoms with Crippen LogP contribution in [0.1, 0.15) is 6.92 Å². The predicted octanol–water partition coefficient (Wildman–Crippen LogP) is 0.678. The van der Waals surface area contributed by atoms with E-state index in [1.165, 1.54) is 5.37 Å². The molecule has 0 aromatic heterocycles. The van der Waals surface area contributed by atoms with Gasteiger partial charge < -0.3 is 5.32 Å². The Labute approximate surface area is 59.9 Å². The number of hydrogen-bond donors (Lipinski definition) is 1. The van der Waals surface area contributed by atoms with E-state index in [-0.39, 0.29) is 5.91 Å². The maximum atomic E-state index is 10.6. The molecule has 0 fully saturated rings. The molecule has 0 bridgehead atoms. The van der Waals surface area contributed by atoms with E-state index in [4.69, 9.17) is 0 Å². The van der Waals surface area contributed by atoms with Crippen molar-refractivity contribution in [2.75, 3.05) is 6.54 Å². The minimum absolute atomic E-state index is 0.142. The van der Waals surface area contributed by atoms with Crippen LogP contribution in [0.3, 0.4) is 0 Å². The molecule has 0 aromatic carbocycles. The van der Waals surface area contributed by atoms with Gasteiger partial charge in [-0.2, -0.15) is 0 Å². The van der Waals surface area contributed by atoms with Crippen molar-refractivity contribution < 1.29 is 4.79 Å². The maximum Gasteiger partial charge on any atom is 0.246 e. The first-order valence-corrected chi connectivity index (χ1v) is 3.03. The number of carbonyl (C=O) groups excluding carboxylic acids is 1. The van der Waals surface area contributed by atoms with Gasteiger partial charge in [-0.25, -0.2) is 0 Å². The third-order valence-electron chi connectivity index (χ3n) is 0.734. The lowest BCUT2D eigenvalue weighted by atomic mass is 10.3. The van der Waals surface area contributed by atoms with Gasteiger partial charge in [-0.15, -0.1) is 0 Å². The molecular weight excluding hydrogens is 134 g/mol. The molecule has 1 N–H and O–H groups in total. The van der Waals surface area contributed by atoms with Gasteiger partial charge in [-0.1, -0.05) is 18.8 Å². The lowest BCUT2D eigenvalue weighted by Gasteiger charge is -1.97. The van der Waals surface area contributed by atoms with E-state index in [9.17, 15) is 4.79 Å². The first-order chi connectivity index (χ1) is 4.18. The molecule has 0 aliphatic heterocycles. The molecule has 1 amide bonds. The zero-order chi connectivity index (χ0) is 7.28. The Balaban J connectivity index is 3.51. The molecule has 3 heteroatoms. The van der Waals surface area contributed by atoms with Gasteiger partial charge in [0.05, 0.1) is 0 Å². The van der Waals surface area contributed by atoms with Crippen molar-refractivity contribution >= 4 is 23.5 Å². The first kappa shape index (κ1) is 8.30. The first-order valence-electron chi connectivity index (χ1n) is 2.56. The fourth-order valence-electron chi connectivity index (χ4n) is 0.285. The summed E-state index contributed by atoms with van der Waals surface area (Å²) in [6.45, 7) is 5.53. The van der Waals surface area contributed by atoms with Crippen molar-refractivity contribution in [3.63, 3.8) is 0 Å². The third-order valence-corrected chi connectivity index (χ3v) is 0.900. The molecule has 2 nitrogen and oxygen atoms in total. The van der Waals surface area contributed by atoms with Crippen LogP contribution in [0.2, 0.25) is 0 Å². The molecule has 0 saturated carbocycles. The van der Waals surface area contributed by atoms with E-state index in [2.05, 4.69) is 24.1 Å². The summed E-state index contributed by atoms with van der Waals surface area (Å²) in [4.78, 5) is 10.6. The Morgan fingerprint density at radius 1 is 1.89 bits per heavy atom. The van der Waals surface area contributed by atoms with Gasteiger partial charge in [0.15, 0.2) is 0 Å². The van der Waals surface area contributed by atoms with Crippen LogP contribution < -0.4 is 5.32 Å². The molecule has 0 aliphatic carbocycles. The van der Waals surface area contributed by atoms with Crippen LogP contribution in [-0.4, -0.2) is 17.8 Å². The van der Waals surface area contributed by atoms with Crippen LogP contribution in [0, 0.1) is 0 Å². The van der Waals surface area contributed by atoms with Gasteiger partial charge in [-0.3, -0.25) is 4.79 Å². The van der Waals surface area contributed by atoms with E-state index < -0.39 is 0 Å². The SMILES string of the molecule is C=C(C)C(=O)NCC=S. The van der Waals surface area contributed by atoms with E-state index >= 15 is 0 Å². The van der Waals surface area contributed by atoms with Crippen LogP contribution >= 0.6 is 12.2 Å². The maximum absolute atomic E-state index is 10.6. The van der Waals surface area contributed by atoms with Crippen LogP contribution in [-0.2, 0) is 4.79 Å². The summed E-state index contributed by atoms with van der Waals surface area (Å²) in [5.74, 6) is -0.142. The average molecular weight is 143 g/mol. The van der Waals surface area contributed by atoms with E-state index in [0.29, 0.717) is 12.1 Å². The minimum atomic E-state index is -0.142. The predicted molar refractivity (Wildman–Crippen MR) is 41.5 cm³/mol. The van der Waals surface area contributed by atoms with E-state index in [1.807, 2.05) is 0 Å². The largest absolute Gasteiger partial charge is 0.348 e. The van der Waals surface area contributed by atoms with Gasteiger partial charge in [-0.05, 0) is 12.3 Å². The summed E-state index contributed by atoms with van der Waals surface area (Å²) < 4.78 is 0. The Bertz CT molecular complexity index is 142. The Morgan fingerprint density at radius 3 is 2.78 bits per heavy atom. The summed E-state index contributed by atoms with van der Waals surface area (Å²) in [5.41, 5.74) is 0.506. The molecule has 0 aromatic rings. The van der Waals surface area contributed by atoms with Crippen LogP contribution in [0.25, 0.3) is 0 Å². The highest BCUT2D eigenvalue weighted by Gasteiger charge is 1.96. The summed E-state index contributed by atoms with van der Waals surface area (Å²) >= 11 is 4.49. The second-order valence-corrected chi connectivity index (χ2v) is 1.99. The molecule has 0 aliphatic rings. The van der Waals surface area contributed by atoms with Gasteiger partial charge >= 0.3 is 0 Å². The molecular formula is C6H9NOS. The Kier molecular flexibility index (Phi) is 3.88. The standard InChI is InChI=1S/C6H9NOS/c1-5(2)6(8)7-3-4-9/h4H,1,3H2,2H3,(H,7,8). The Morgan fingerprint density at radius 2 is 2.44 bits per heavy atom. The number of rotatable bonds is 3. The normalized spacial score (nSPS) is 8.11. The zero-order valence-electron chi connectivity index (χ0n) is 5.31. The highest BCUT2D eigenvalue weighted by atomic mass is 32.1. The number of amides is 1. The van der Waals surface area contributed by atoms with E-state index in [0.717, 1.165) is 0 Å². The number of hydrogen-bond acceptors (Lipinski definition) is 2. The fraction of sp³-hybridized carbons (Fsp3) is 0.333. The second kappa shape index (κ2) is 4.21. The molecule has 0 saturated heterocycles. The lowest BCUT2D eigenvalue weighted by Crippen LogP contribution is -2.24. The molecule has 0 heterocycles. The lowest BCUT2D eigenvalue weighted by molar-refractivity contribution is -0.117. The molecule has 50 valence electrons. The molecule has 0 atom stereocenters. The topological polar surface area (TPSA) is 29.1 Å². The third kappa shape index (κ3) is 3.85. The number of carbonyl (C=O) groups is 1. The van der Waals surface area contributed by atoms with E-state index in [1.54, 1.807) is 6.92 Å². The summed E-state index contributed by atoms with van der Waals surface area (Å²) in [6.07, 6.45) is 0. The number of thiocarbonyl (C=S) groups is 1. The highest BCUT2D eigenvalue weighted by Crippen LogP contribution is 1.82. The molecule has 0 spiro atoms. The van der Waals surface area contributed by atoms with Crippen LogP contribution in [0.15, 0.2) is 12.2 Å². The fourth-order valence-corrected chi connectivity index (χ4v) is 0.369. The van der Waals surface area contributed by atoms with Gasteiger partial charge in [0, 0.05) is 12.1 Å². The zero-order valence-corrected chi connectivity index (χ0v) is 6.12. The van der Waals surface area contributed by atoms with Gasteiger partial charge in [0.25, 0.3) is 0 Å². The molecule has 0 unspecified atom stereocenters. The van der Waals surface area contributed by atoms with Crippen molar-refractivity contribution in [2.45, 2.75) is 6.92 Å². The smallest absolute Gasteiger partial charge is 0.246 e.